The van der Waals surface area contributed by atoms with Crippen LogP contribution in [0.2, 0.25) is 0 Å². The lowest BCUT2D eigenvalue weighted by atomic mass is 10.1. The summed E-state index contributed by atoms with van der Waals surface area (Å²) in [4.78, 5) is 2.53. The van der Waals surface area contributed by atoms with Gasteiger partial charge in [-0.1, -0.05) is 6.42 Å². The Kier molecular flexibility index (Phi) is 5.07. The van der Waals surface area contributed by atoms with Crippen molar-refractivity contribution in [1.29, 1.82) is 0 Å². The van der Waals surface area contributed by atoms with Crippen LogP contribution in [0.25, 0.3) is 0 Å². The molecule has 0 aromatic rings. The number of likely N-dealkylation sites (tertiary alicyclic amines) is 1. The Morgan fingerprint density at radius 2 is 2.00 bits per heavy atom. The van der Waals surface area contributed by atoms with E-state index in [1.54, 1.807) is 0 Å². The summed E-state index contributed by atoms with van der Waals surface area (Å²) in [6.45, 7) is 7.76. The van der Waals surface area contributed by atoms with Crippen molar-refractivity contribution in [1.82, 2.24) is 10.2 Å². The van der Waals surface area contributed by atoms with E-state index < -0.39 is 0 Å². The molecule has 1 N–H and O–H groups in total. The maximum Gasteiger partial charge on any atom is 0.0672 e. The molecule has 1 atom stereocenters. The number of piperidine rings is 1. The number of ether oxygens (including phenoxy) is 1. The van der Waals surface area contributed by atoms with Crippen LogP contribution in [0.4, 0.5) is 0 Å². The van der Waals surface area contributed by atoms with E-state index in [2.05, 4.69) is 17.1 Å². The second-order valence-electron chi connectivity index (χ2n) is 5.27. The average Bonchev–Trinajstić information content (AvgIpc) is 3.12. The number of hydrogen-bond acceptors (Lipinski definition) is 3. The highest BCUT2D eigenvalue weighted by molar-refractivity contribution is 4.81. The summed E-state index contributed by atoms with van der Waals surface area (Å²) < 4.78 is 5.82. The van der Waals surface area contributed by atoms with Crippen molar-refractivity contribution in [3.63, 3.8) is 0 Å². The molecule has 1 unspecified atom stereocenters. The third kappa shape index (κ3) is 4.81. The molecule has 0 radical (unpaired) electrons. The molecule has 0 amide bonds. The van der Waals surface area contributed by atoms with Gasteiger partial charge in [-0.3, -0.25) is 0 Å². The smallest absolute Gasteiger partial charge is 0.0672 e. The van der Waals surface area contributed by atoms with Gasteiger partial charge in [-0.2, -0.15) is 0 Å². The van der Waals surface area contributed by atoms with Gasteiger partial charge in [0, 0.05) is 19.1 Å². The van der Waals surface area contributed by atoms with Crippen LogP contribution < -0.4 is 5.32 Å². The Bertz CT molecular complexity index is 188. The van der Waals surface area contributed by atoms with Crippen LogP contribution in [0, 0.1) is 0 Å². The van der Waals surface area contributed by atoms with Crippen molar-refractivity contribution in [2.24, 2.45) is 0 Å². The van der Waals surface area contributed by atoms with Gasteiger partial charge >= 0.3 is 0 Å². The van der Waals surface area contributed by atoms with E-state index in [1.807, 2.05) is 0 Å². The molecule has 1 aliphatic heterocycles. The van der Waals surface area contributed by atoms with Crippen LogP contribution in [-0.4, -0.2) is 49.8 Å². The summed E-state index contributed by atoms with van der Waals surface area (Å²) >= 11 is 0. The lowest BCUT2D eigenvalue weighted by molar-refractivity contribution is 0.0448. The lowest BCUT2D eigenvalue weighted by Crippen LogP contribution is -2.35. The van der Waals surface area contributed by atoms with Crippen molar-refractivity contribution in [2.45, 2.75) is 51.2 Å². The third-order valence-electron chi connectivity index (χ3n) is 3.53. The fraction of sp³-hybridized carbons (Fsp3) is 1.00. The van der Waals surface area contributed by atoms with Crippen LogP contribution in [0.1, 0.15) is 39.0 Å². The van der Waals surface area contributed by atoms with Crippen LogP contribution in [0.15, 0.2) is 0 Å². The molecular weight excluding hydrogens is 200 g/mol. The Balaban J connectivity index is 1.45. The predicted molar refractivity (Wildman–Crippen MR) is 66.7 cm³/mol. The molecular formula is C13H26N2O. The first-order chi connectivity index (χ1) is 7.84. The highest BCUT2D eigenvalue weighted by atomic mass is 16.5. The van der Waals surface area contributed by atoms with Crippen molar-refractivity contribution in [2.75, 3.05) is 32.8 Å². The second kappa shape index (κ2) is 6.58. The molecule has 2 fully saturated rings. The zero-order valence-electron chi connectivity index (χ0n) is 10.6. The summed E-state index contributed by atoms with van der Waals surface area (Å²) in [5, 5.41) is 3.51. The summed E-state index contributed by atoms with van der Waals surface area (Å²) in [5.41, 5.74) is 0. The minimum absolute atomic E-state index is 0.366. The fourth-order valence-corrected chi connectivity index (χ4v) is 2.25. The second-order valence-corrected chi connectivity index (χ2v) is 5.27. The molecule has 1 aliphatic carbocycles. The van der Waals surface area contributed by atoms with Crippen LogP contribution >= 0.6 is 0 Å². The predicted octanol–water partition coefficient (Wildman–Crippen LogP) is 1.63. The van der Waals surface area contributed by atoms with Crippen molar-refractivity contribution >= 4 is 0 Å². The molecule has 1 heterocycles. The van der Waals surface area contributed by atoms with Gasteiger partial charge in [0.1, 0.15) is 0 Å². The summed E-state index contributed by atoms with van der Waals surface area (Å²) in [7, 11) is 0. The van der Waals surface area contributed by atoms with E-state index >= 15 is 0 Å². The molecule has 0 bridgehead atoms. The molecule has 0 aromatic carbocycles. The first kappa shape index (κ1) is 12.3. The van der Waals surface area contributed by atoms with Crippen molar-refractivity contribution in [3.05, 3.63) is 0 Å². The third-order valence-corrected chi connectivity index (χ3v) is 3.53. The molecule has 2 rings (SSSR count). The SMILES string of the molecule is CC(CNC1CC1)OCCN1CCCCC1. The largest absolute Gasteiger partial charge is 0.376 e. The van der Waals surface area contributed by atoms with Crippen LogP contribution in [-0.2, 0) is 4.74 Å². The summed E-state index contributed by atoms with van der Waals surface area (Å²) in [6.07, 6.45) is 7.25. The average molecular weight is 226 g/mol. The van der Waals surface area contributed by atoms with E-state index in [0.717, 1.165) is 25.7 Å². The minimum Gasteiger partial charge on any atom is -0.376 e. The molecule has 94 valence electrons. The van der Waals surface area contributed by atoms with Gasteiger partial charge in [0.15, 0.2) is 0 Å². The van der Waals surface area contributed by atoms with E-state index in [0.29, 0.717) is 6.10 Å². The Morgan fingerprint density at radius 3 is 2.69 bits per heavy atom. The monoisotopic (exact) mass is 226 g/mol. The molecule has 3 nitrogen and oxygen atoms in total. The summed E-state index contributed by atoms with van der Waals surface area (Å²) in [6, 6.07) is 0.799. The molecule has 2 aliphatic rings. The highest BCUT2D eigenvalue weighted by Gasteiger charge is 2.20. The number of hydrogen-bond donors (Lipinski definition) is 1. The van der Waals surface area contributed by atoms with E-state index in [9.17, 15) is 0 Å². The zero-order valence-corrected chi connectivity index (χ0v) is 10.6. The first-order valence-electron chi connectivity index (χ1n) is 6.92. The van der Waals surface area contributed by atoms with E-state index in [1.165, 1.54) is 45.2 Å². The molecule has 0 spiro atoms. The minimum atomic E-state index is 0.366. The Morgan fingerprint density at radius 1 is 1.25 bits per heavy atom. The van der Waals surface area contributed by atoms with E-state index in [4.69, 9.17) is 4.74 Å². The van der Waals surface area contributed by atoms with Gasteiger partial charge in [-0.05, 0) is 45.7 Å². The quantitative estimate of drug-likeness (QED) is 0.714. The van der Waals surface area contributed by atoms with Gasteiger partial charge < -0.3 is 15.0 Å². The molecule has 16 heavy (non-hydrogen) atoms. The van der Waals surface area contributed by atoms with E-state index in [-0.39, 0.29) is 0 Å². The van der Waals surface area contributed by atoms with Crippen molar-refractivity contribution < 1.29 is 4.74 Å². The molecule has 1 saturated carbocycles. The van der Waals surface area contributed by atoms with Gasteiger partial charge in [-0.25, -0.2) is 0 Å². The summed E-state index contributed by atoms with van der Waals surface area (Å²) in [5.74, 6) is 0. The van der Waals surface area contributed by atoms with Gasteiger partial charge in [0.2, 0.25) is 0 Å². The standard InChI is InChI=1S/C13H26N2O/c1-12(11-14-13-5-6-13)16-10-9-15-7-3-2-4-8-15/h12-14H,2-11H2,1H3. The van der Waals surface area contributed by atoms with Gasteiger partial charge in [0.05, 0.1) is 12.7 Å². The van der Waals surface area contributed by atoms with Crippen LogP contribution in [0.5, 0.6) is 0 Å². The zero-order chi connectivity index (χ0) is 11.2. The molecule has 0 aromatic heterocycles. The lowest BCUT2D eigenvalue weighted by Gasteiger charge is -2.26. The Labute approximate surface area is 99.5 Å². The molecule has 3 heteroatoms. The Hall–Kier alpha value is -0.120. The fourth-order valence-electron chi connectivity index (χ4n) is 2.25. The maximum absolute atomic E-state index is 5.82. The van der Waals surface area contributed by atoms with Gasteiger partial charge in [0.25, 0.3) is 0 Å². The normalized spacial score (nSPS) is 24.6. The topological polar surface area (TPSA) is 24.5 Å². The highest BCUT2D eigenvalue weighted by Crippen LogP contribution is 2.18. The first-order valence-corrected chi connectivity index (χ1v) is 6.92. The number of nitrogens with zero attached hydrogens (tertiary/aromatic N) is 1. The number of nitrogens with one attached hydrogen (secondary N) is 1. The maximum atomic E-state index is 5.82. The molecule has 1 saturated heterocycles. The van der Waals surface area contributed by atoms with Crippen LogP contribution in [0.3, 0.4) is 0 Å². The number of rotatable bonds is 7. The van der Waals surface area contributed by atoms with Gasteiger partial charge in [-0.15, -0.1) is 0 Å². The van der Waals surface area contributed by atoms with Crippen molar-refractivity contribution in [3.8, 4) is 0 Å².